The van der Waals surface area contributed by atoms with Crippen molar-refractivity contribution in [2.75, 3.05) is 0 Å². The van der Waals surface area contributed by atoms with Crippen LogP contribution in [0.3, 0.4) is 0 Å². The Bertz CT molecular complexity index is 711. The maximum absolute atomic E-state index is 11.6. The van der Waals surface area contributed by atoms with Gasteiger partial charge in [-0.2, -0.15) is 0 Å². The lowest BCUT2D eigenvalue weighted by atomic mass is 10.2. The van der Waals surface area contributed by atoms with Gasteiger partial charge in [-0.05, 0) is 25.8 Å². The van der Waals surface area contributed by atoms with Crippen LogP contribution in [0.4, 0.5) is 0 Å². The quantitative estimate of drug-likeness (QED) is 0.816. The number of carbonyl (C=O) groups is 1. The number of hydrogen-bond acceptors (Lipinski definition) is 5. The highest BCUT2D eigenvalue weighted by Crippen LogP contribution is 2.36. The summed E-state index contributed by atoms with van der Waals surface area (Å²) >= 11 is 1.36. The highest BCUT2D eigenvalue weighted by molar-refractivity contribution is 7.98. The number of aryl methyl sites for hydroxylation is 1. The van der Waals surface area contributed by atoms with Gasteiger partial charge in [-0.1, -0.05) is 11.8 Å². The Morgan fingerprint density at radius 3 is 3.00 bits per heavy atom. The maximum atomic E-state index is 11.6. The number of thioether (sulfide) groups is 1. The highest BCUT2D eigenvalue weighted by atomic mass is 32.2. The molecule has 2 N–H and O–H groups in total. The molecule has 0 atom stereocenters. The number of aromatic carboxylic acids is 1. The number of nitrogens with zero attached hydrogens (tertiary/aromatic N) is 2. The number of rotatable bonds is 5. The van der Waals surface area contributed by atoms with Gasteiger partial charge in [0.15, 0.2) is 5.16 Å². The Hall–Kier alpha value is -1.96. The van der Waals surface area contributed by atoms with Crippen molar-refractivity contribution in [2.24, 2.45) is 0 Å². The van der Waals surface area contributed by atoms with Crippen LogP contribution < -0.4 is 5.69 Å². The van der Waals surface area contributed by atoms with Crippen LogP contribution in [0.5, 0.6) is 0 Å². The molecule has 1 aliphatic rings. The zero-order valence-corrected chi connectivity index (χ0v) is 11.6. The summed E-state index contributed by atoms with van der Waals surface area (Å²) in [5.41, 5.74) is -0.0286. The van der Waals surface area contributed by atoms with Crippen LogP contribution in [0, 0.1) is 6.92 Å². The molecule has 0 radical (unpaired) electrons. The first-order chi connectivity index (χ1) is 9.56. The summed E-state index contributed by atoms with van der Waals surface area (Å²) in [6.45, 7) is 1.62. The lowest BCUT2D eigenvalue weighted by molar-refractivity contribution is 0.0695. The van der Waals surface area contributed by atoms with Crippen molar-refractivity contribution in [1.29, 1.82) is 0 Å². The summed E-state index contributed by atoms with van der Waals surface area (Å²) in [5.74, 6) is 0.375. The molecule has 2 heterocycles. The van der Waals surface area contributed by atoms with Crippen LogP contribution in [0.1, 0.15) is 40.8 Å². The number of aromatic amines is 1. The molecule has 0 aromatic carbocycles. The number of carboxylic acid groups (broad SMARTS) is 1. The van der Waals surface area contributed by atoms with Crippen molar-refractivity contribution in [3.63, 3.8) is 0 Å². The van der Waals surface area contributed by atoms with E-state index < -0.39 is 5.97 Å². The van der Waals surface area contributed by atoms with Crippen LogP contribution >= 0.6 is 11.8 Å². The van der Waals surface area contributed by atoms with Crippen LogP contribution in [0.2, 0.25) is 0 Å². The number of H-pyrrole nitrogens is 1. The van der Waals surface area contributed by atoms with E-state index in [9.17, 15) is 9.59 Å². The standard InChI is InChI=1S/C12H13N3O4S/c1-6-9(10(16)17)4-8(19-6)5-20-12-14-13-11(18)15(12)7-2-3-7/h4,7H,2-3,5H2,1H3,(H,13,18)(H,16,17). The lowest BCUT2D eigenvalue weighted by Gasteiger charge is -2.01. The third-order valence-corrected chi connectivity index (χ3v) is 4.10. The Balaban J connectivity index is 1.75. The van der Waals surface area contributed by atoms with Crippen molar-refractivity contribution < 1.29 is 14.3 Å². The molecule has 1 saturated carbocycles. The summed E-state index contributed by atoms with van der Waals surface area (Å²) in [4.78, 5) is 22.5. The van der Waals surface area contributed by atoms with E-state index in [-0.39, 0.29) is 17.3 Å². The van der Waals surface area contributed by atoms with Crippen LogP contribution in [0.15, 0.2) is 20.4 Å². The van der Waals surface area contributed by atoms with Gasteiger partial charge in [0, 0.05) is 6.04 Å². The van der Waals surface area contributed by atoms with Crippen molar-refractivity contribution in [3.05, 3.63) is 33.6 Å². The summed E-state index contributed by atoms with van der Waals surface area (Å²) in [6, 6.07) is 1.76. The minimum absolute atomic E-state index is 0.169. The van der Waals surface area contributed by atoms with Gasteiger partial charge in [-0.15, -0.1) is 5.10 Å². The van der Waals surface area contributed by atoms with Crippen molar-refractivity contribution in [2.45, 2.75) is 36.7 Å². The average molecular weight is 295 g/mol. The van der Waals surface area contributed by atoms with Gasteiger partial charge in [0.1, 0.15) is 17.1 Å². The molecule has 0 aliphatic heterocycles. The van der Waals surface area contributed by atoms with Crippen LogP contribution in [-0.4, -0.2) is 25.8 Å². The molecule has 0 amide bonds. The SMILES string of the molecule is Cc1oc(CSc2n[nH]c(=O)n2C2CC2)cc1C(=O)O. The third kappa shape index (κ3) is 2.38. The molecular formula is C12H13N3O4S. The molecule has 8 heteroatoms. The summed E-state index contributed by atoms with van der Waals surface area (Å²) in [7, 11) is 0. The molecule has 0 bridgehead atoms. The second-order valence-corrected chi connectivity index (χ2v) is 5.63. The number of aromatic nitrogens is 3. The smallest absolute Gasteiger partial charge is 0.344 e. The zero-order valence-electron chi connectivity index (χ0n) is 10.8. The summed E-state index contributed by atoms with van der Waals surface area (Å²) in [5, 5.41) is 16.0. The molecule has 2 aromatic heterocycles. The minimum Gasteiger partial charge on any atom is -0.478 e. The van der Waals surface area contributed by atoms with Gasteiger partial charge in [0.25, 0.3) is 0 Å². The average Bonchev–Trinajstić information content (AvgIpc) is 3.05. The van der Waals surface area contributed by atoms with E-state index in [0.29, 0.717) is 22.4 Å². The molecule has 7 nitrogen and oxygen atoms in total. The highest BCUT2D eigenvalue weighted by Gasteiger charge is 2.28. The van der Waals surface area contributed by atoms with Gasteiger partial charge in [0.05, 0.1) is 5.75 Å². The van der Waals surface area contributed by atoms with E-state index in [4.69, 9.17) is 9.52 Å². The van der Waals surface area contributed by atoms with Crippen molar-refractivity contribution in [1.82, 2.24) is 14.8 Å². The van der Waals surface area contributed by atoms with E-state index in [1.807, 2.05) is 0 Å². The normalized spacial score (nSPS) is 14.7. The van der Waals surface area contributed by atoms with Gasteiger partial charge in [-0.25, -0.2) is 14.7 Å². The predicted molar refractivity (Wildman–Crippen MR) is 71.1 cm³/mol. The minimum atomic E-state index is -1.00. The fourth-order valence-electron chi connectivity index (χ4n) is 2.01. The van der Waals surface area contributed by atoms with Gasteiger partial charge in [-0.3, -0.25) is 4.57 Å². The van der Waals surface area contributed by atoms with E-state index >= 15 is 0 Å². The van der Waals surface area contributed by atoms with Crippen molar-refractivity contribution in [3.8, 4) is 0 Å². The fourth-order valence-corrected chi connectivity index (χ4v) is 2.90. The van der Waals surface area contributed by atoms with Gasteiger partial charge in [0.2, 0.25) is 0 Å². The zero-order chi connectivity index (χ0) is 14.3. The topological polar surface area (TPSA) is 101 Å². The molecule has 1 fully saturated rings. The first kappa shape index (κ1) is 13.0. The molecule has 0 spiro atoms. The Morgan fingerprint density at radius 1 is 1.65 bits per heavy atom. The molecule has 0 saturated heterocycles. The second kappa shape index (κ2) is 4.86. The predicted octanol–water partition coefficient (Wildman–Crippen LogP) is 1.80. The van der Waals surface area contributed by atoms with Crippen LogP contribution in [0.25, 0.3) is 0 Å². The Kier molecular flexibility index (Phi) is 3.17. The number of nitrogens with one attached hydrogen (secondary N) is 1. The lowest BCUT2D eigenvalue weighted by Crippen LogP contribution is -2.16. The van der Waals surface area contributed by atoms with Gasteiger partial charge < -0.3 is 9.52 Å². The first-order valence-corrected chi connectivity index (χ1v) is 7.17. The molecule has 2 aromatic rings. The van der Waals surface area contributed by atoms with E-state index in [2.05, 4.69) is 10.2 Å². The van der Waals surface area contributed by atoms with E-state index in [1.54, 1.807) is 11.5 Å². The number of carboxylic acids is 1. The molecule has 1 aliphatic carbocycles. The second-order valence-electron chi connectivity index (χ2n) is 4.69. The van der Waals surface area contributed by atoms with Gasteiger partial charge >= 0.3 is 11.7 Å². The van der Waals surface area contributed by atoms with Crippen molar-refractivity contribution >= 4 is 17.7 Å². The maximum Gasteiger partial charge on any atom is 0.344 e. The Labute approximate surface area is 118 Å². The van der Waals surface area contributed by atoms with E-state index in [1.165, 1.54) is 17.8 Å². The molecule has 0 unspecified atom stereocenters. The summed E-state index contributed by atoms with van der Waals surface area (Å²) < 4.78 is 7.04. The number of furan rings is 1. The first-order valence-electron chi connectivity index (χ1n) is 6.18. The fraction of sp³-hybridized carbons (Fsp3) is 0.417. The molecule has 106 valence electrons. The summed E-state index contributed by atoms with van der Waals surface area (Å²) in [6.07, 6.45) is 1.99. The van der Waals surface area contributed by atoms with Crippen LogP contribution in [-0.2, 0) is 5.75 Å². The largest absolute Gasteiger partial charge is 0.478 e. The number of hydrogen-bond donors (Lipinski definition) is 2. The molecular weight excluding hydrogens is 282 g/mol. The molecule has 20 heavy (non-hydrogen) atoms. The Morgan fingerprint density at radius 2 is 2.40 bits per heavy atom. The third-order valence-electron chi connectivity index (χ3n) is 3.13. The molecule has 3 rings (SSSR count). The van der Waals surface area contributed by atoms with E-state index in [0.717, 1.165) is 12.8 Å². The monoisotopic (exact) mass is 295 g/mol.